The maximum atomic E-state index is 4.33. The molecule has 1 unspecified atom stereocenters. The summed E-state index contributed by atoms with van der Waals surface area (Å²) < 4.78 is 0. The lowest BCUT2D eigenvalue weighted by Crippen LogP contribution is -2.20. The molecule has 1 atom stereocenters. The summed E-state index contributed by atoms with van der Waals surface area (Å²) in [5, 5.41) is 3.34. The fourth-order valence-electron chi connectivity index (χ4n) is 1.99. The van der Waals surface area contributed by atoms with E-state index >= 15 is 0 Å². The van der Waals surface area contributed by atoms with Gasteiger partial charge >= 0.3 is 0 Å². The summed E-state index contributed by atoms with van der Waals surface area (Å²) in [6.45, 7) is 2.04. The monoisotopic (exact) mass is 227 g/mol. The Hall–Kier alpha value is -1.74. The lowest BCUT2D eigenvalue weighted by molar-refractivity contribution is 0.585. The molecule has 0 amide bonds. The molecule has 0 saturated heterocycles. The minimum atomic E-state index is 0.285. The molecular weight excluding hydrogens is 210 g/mol. The molecule has 0 fully saturated rings. The topological polar surface area (TPSA) is 37.8 Å². The van der Waals surface area contributed by atoms with Crippen LogP contribution in [0.2, 0.25) is 0 Å². The molecule has 0 aromatic carbocycles. The van der Waals surface area contributed by atoms with Gasteiger partial charge in [0.15, 0.2) is 0 Å². The molecule has 3 heteroatoms. The van der Waals surface area contributed by atoms with E-state index in [1.807, 2.05) is 38.5 Å². The van der Waals surface area contributed by atoms with Crippen molar-refractivity contribution in [3.63, 3.8) is 0 Å². The average molecular weight is 227 g/mol. The van der Waals surface area contributed by atoms with E-state index in [4.69, 9.17) is 0 Å². The largest absolute Gasteiger partial charge is 0.313 e. The van der Waals surface area contributed by atoms with Crippen LogP contribution in [0.1, 0.15) is 22.9 Å². The number of hydrogen-bond donors (Lipinski definition) is 1. The molecule has 0 bridgehead atoms. The Labute approximate surface area is 102 Å². The molecular formula is C14H17N3. The second-order valence-electron chi connectivity index (χ2n) is 4.08. The van der Waals surface area contributed by atoms with Gasteiger partial charge in [-0.3, -0.25) is 9.97 Å². The number of nitrogens with one attached hydrogen (secondary N) is 1. The number of aromatic nitrogens is 2. The summed E-state index contributed by atoms with van der Waals surface area (Å²) in [5.74, 6) is 0. The van der Waals surface area contributed by atoms with Crippen LogP contribution in [-0.2, 0) is 6.42 Å². The van der Waals surface area contributed by atoms with E-state index in [2.05, 4.69) is 27.4 Å². The Morgan fingerprint density at radius 3 is 2.71 bits per heavy atom. The molecule has 0 aliphatic heterocycles. The first kappa shape index (κ1) is 11.7. The summed E-state index contributed by atoms with van der Waals surface area (Å²) >= 11 is 0. The summed E-state index contributed by atoms with van der Waals surface area (Å²) in [6, 6.07) is 8.46. The smallest absolute Gasteiger partial charge is 0.0420 e. The molecule has 2 heterocycles. The van der Waals surface area contributed by atoms with Gasteiger partial charge in [0, 0.05) is 30.3 Å². The van der Waals surface area contributed by atoms with Gasteiger partial charge in [-0.2, -0.15) is 0 Å². The van der Waals surface area contributed by atoms with Crippen molar-refractivity contribution < 1.29 is 0 Å². The number of likely N-dealkylation sites (N-methyl/N-ethyl adjacent to an activating group) is 1. The molecule has 0 saturated carbocycles. The van der Waals surface area contributed by atoms with E-state index < -0.39 is 0 Å². The highest BCUT2D eigenvalue weighted by atomic mass is 14.9. The van der Waals surface area contributed by atoms with Crippen molar-refractivity contribution in [3.05, 3.63) is 59.7 Å². The van der Waals surface area contributed by atoms with Crippen molar-refractivity contribution >= 4 is 0 Å². The third kappa shape index (κ3) is 2.88. The van der Waals surface area contributed by atoms with Crippen LogP contribution < -0.4 is 5.32 Å². The second-order valence-corrected chi connectivity index (χ2v) is 4.08. The number of nitrogens with zero attached hydrogens (tertiary/aromatic N) is 2. The van der Waals surface area contributed by atoms with Crippen LogP contribution in [0.5, 0.6) is 0 Å². The molecule has 2 aromatic rings. The molecule has 88 valence electrons. The summed E-state index contributed by atoms with van der Waals surface area (Å²) in [4.78, 5) is 8.48. The molecule has 2 aromatic heterocycles. The number of rotatable bonds is 4. The van der Waals surface area contributed by atoms with Gasteiger partial charge < -0.3 is 5.32 Å². The third-order valence-electron chi connectivity index (χ3n) is 2.93. The van der Waals surface area contributed by atoms with E-state index in [1.54, 1.807) is 6.20 Å². The molecule has 2 rings (SSSR count). The van der Waals surface area contributed by atoms with Gasteiger partial charge in [-0.15, -0.1) is 0 Å². The van der Waals surface area contributed by atoms with E-state index in [1.165, 1.54) is 11.1 Å². The van der Waals surface area contributed by atoms with Crippen molar-refractivity contribution in [1.29, 1.82) is 0 Å². The first-order chi connectivity index (χ1) is 8.31. The average Bonchev–Trinajstić information content (AvgIpc) is 2.38. The fourth-order valence-corrected chi connectivity index (χ4v) is 1.99. The van der Waals surface area contributed by atoms with Gasteiger partial charge in [0.2, 0.25) is 0 Å². The van der Waals surface area contributed by atoms with Gasteiger partial charge in [-0.1, -0.05) is 12.1 Å². The first-order valence-corrected chi connectivity index (χ1v) is 5.79. The summed E-state index contributed by atoms with van der Waals surface area (Å²) in [6.07, 6.45) is 6.47. The SMILES string of the molecule is CNC(Cc1cccnc1)c1cccnc1C. The maximum absolute atomic E-state index is 4.33. The van der Waals surface area contributed by atoms with E-state index in [9.17, 15) is 0 Å². The van der Waals surface area contributed by atoms with Crippen LogP contribution in [0.4, 0.5) is 0 Å². The lowest BCUT2D eigenvalue weighted by Gasteiger charge is -2.18. The number of pyridine rings is 2. The van der Waals surface area contributed by atoms with Crippen molar-refractivity contribution in [1.82, 2.24) is 15.3 Å². The van der Waals surface area contributed by atoms with E-state index in [0.717, 1.165) is 12.1 Å². The zero-order chi connectivity index (χ0) is 12.1. The normalized spacial score (nSPS) is 12.4. The van der Waals surface area contributed by atoms with Crippen molar-refractivity contribution in [2.24, 2.45) is 0 Å². The molecule has 0 spiro atoms. The van der Waals surface area contributed by atoms with E-state index in [0.29, 0.717) is 0 Å². The van der Waals surface area contributed by atoms with Crippen LogP contribution in [0.15, 0.2) is 42.9 Å². The van der Waals surface area contributed by atoms with Gasteiger partial charge in [0.05, 0.1) is 0 Å². The highest BCUT2D eigenvalue weighted by molar-refractivity contribution is 5.25. The van der Waals surface area contributed by atoms with Crippen molar-refractivity contribution in [3.8, 4) is 0 Å². The van der Waals surface area contributed by atoms with Crippen LogP contribution in [-0.4, -0.2) is 17.0 Å². The Balaban J connectivity index is 2.21. The molecule has 17 heavy (non-hydrogen) atoms. The Morgan fingerprint density at radius 2 is 2.06 bits per heavy atom. The zero-order valence-electron chi connectivity index (χ0n) is 10.2. The van der Waals surface area contributed by atoms with Crippen LogP contribution in [0.25, 0.3) is 0 Å². The molecule has 0 radical (unpaired) electrons. The van der Waals surface area contributed by atoms with Crippen LogP contribution >= 0.6 is 0 Å². The quantitative estimate of drug-likeness (QED) is 0.870. The zero-order valence-corrected chi connectivity index (χ0v) is 10.2. The molecule has 0 aliphatic rings. The van der Waals surface area contributed by atoms with Gasteiger partial charge in [-0.05, 0) is 43.7 Å². The summed E-state index contributed by atoms with van der Waals surface area (Å²) in [5.41, 5.74) is 3.56. The Morgan fingerprint density at radius 1 is 1.24 bits per heavy atom. The van der Waals surface area contributed by atoms with E-state index in [-0.39, 0.29) is 6.04 Å². The summed E-state index contributed by atoms with van der Waals surface area (Å²) in [7, 11) is 1.98. The predicted octanol–water partition coefficient (Wildman–Crippen LogP) is 2.29. The standard InChI is InChI=1S/C14H17N3/c1-11-13(6-4-8-17-11)14(15-2)9-12-5-3-7-16-10-12/h3-8,10,14-15H,9H2,1-2H3. The lowest BCUT2D eigenvalue weighted by atomic mass is 9.99. The fraction of sp³-hybridized carbons (Fsp3) is 0.286. The predicted molar refractivity (Wildman–Crippen MR) is 68.7 cm³/mol. The minimum absolute atomic E-state index is 0.285. The second kappa shape index (κ2) is 5.55. The maximum Gasteiger partial charge on any atom is 0.0420 e. The highest BCUT2D eigenvalue weighted by Gasteiger charge is 2.12. The molecule has 0 aliphatic carbocycles. The number of hydrogen-bond acceptors (Lipinski definition) is 3. The first-order valence-electron chi connectivity index (χ1n) is 5.79. The van der Waals surface area contributed by atoms with Crippen molar-refractivity contribution in [2.75, 3.05) is 7.05 Å². The van der Waals surface area contributed by atoms with Crippen molar-refractivity contribution in [2.45, 2.75) is 19.4 Å². The van der Waals surface area contributed by atoms with Gasteiger partial charge in [0.1, 0.15) is 0 Å². The van der Waals surface area contributed by atoms with Crippen LogP contribution in [0, 0.1) is 6.92 Å². The third-order valence-corrected chi connectivity index (χ3v) is 2.93. The highest BCUT2D eigenvalue weighted by Crippen LogP contribution is 2.19. The Bertz CT molecular complexity index is 468. The Kier molecular flexibility index (Phi) is 3.83. The minimum Gasteiger partial charge on any atom is -0.313 e. The van der Waals surface area contributed by atoms with Gasteiger partial charge in [0.25, 0.3) is 0 Å². The number of aryl methyl sites for hydroxylation is 1. The molecule has 1 N–H and O–H groups in total. The van der Waals surface area contributed by atoms with Crippen LogP contribution in [0.3, 0.4) is 0 Å². The van der Waals surface area contributed by atoms with Gasteiger partial charge in [-0.25, -0.2) is 0 Å². The molecule has 3 nitrogen and oxygen atoms in total.